The topological polar surface area (TPSA) is 30.0 Å². The quantitative estimate of drug-likeness (QED) is 0.473. The van der Waals surface area contributed by atoms with Gasteiger partial charge in [0, 0.05) is 0 Å². The number of hydrogen-bond donors (Lipinski definition) is 0. The van der Waals surface area contributed by atoms with Crippen LogP contribution in [0.4, 0.5) is 0 Å². The fourth-order valence-electron chi connectivity index (χ4n) is 0.780. The van der Waals surface area contributed by atoms with Crippen molar-refractivity contribution in [1.29, 1.82) is 0 Å². The van der Waals surface area contributed by atoms with Crippen LogP contribution in [-0.2, 0) is 0 Å². The third-order valence-electron chi connectivity index (χ3n) is 1.41. The van der Waals surface area contributed by atoms with Crippen LogP contribution in [0.2, 0.25) is 10.2 Å². The summed E-state index contributed by atoms with van der Waals surface area (Å²) in [7, 11) is 0. The van der Waals surface area contributed by atoms with Crippen molar-refractivity contribution >= 4 is 44.9 Å². The van der Waals surface area contributed by atoms with E-state index in [1.54, 1.807) is 19.1 Å². The van der Waals surface area contributed by atoms with Crippen molar-refractivity contribution in [1.82, 2.24) is 4.98 Å². The first kappa shape index (κ1) is 11.0. The van der Waals surface area contributed by atoms with Crippen LogP contribution in [0.25, 0.3) is 0 Å². The Bertz CT molecular complexity index is 341. The second-order valence-electron chi connectivity index (χ2n) is 2.44. The number of nitrogens with zero attached hydrogens (tertiary/aromatic N) is 1. The van der Waals surface area contributed by atoms with Gasteiger partial charge in [-0.25, -0.2) is 4.98 Å². The molecule has 2 nitrogen and oxygen atoms in total. The Balaban J connectivity index is 3.13. The summed E-state index contributed by atoms with van der Waals surface area (Å²) in [4.78, 5) is 15.0. The van der Waals surface area contributed by atoms with Crippen LogP contribution in [0.5, 0.6) is 0 Å². The van der Waals surface area contributed by atoms with E-state index in [9.17, 15) is 4.79 Å². The zero-order valence-corrected chi connectivity index (χ0v) is 9.82. The molecule has 1 aromatic heterocycles. The molecule has 0 N–H and O–H groups in total. The van der Waals surface area contributed by atoms with Crippen LogP contribution in [0.3, 0.4) is 0 Å². The van der Waals surface area contributed by atoms with E-state index in [0.717, 1.165) is 0 Å². The van der Waals surface area contributed by atoms with E-state index in [4.69, 9.17) is 23.2 Å². The van der Waals surface area contributed by atoms with E-state index in [1.807, 2.05) is 0 Å². The van der Waals surface area contributed by atoms with Gasteiger partial charge in [-0.15, -0.1) is 0 Å². The minimum atomic E-state index is -0.309. The number of hydrogen-bond acceptors (Lipinski definition) is 2. The number of carbonyl (C=O) groups excluding carboxylic acids is 1. The van der Waals surface area contributed by atoms with Gasteiger partial charge in [-0.1, -0.05) is 39.1 Å². The summed E-state index contributed by atoms with van der Waals surface area (Å²) in [5.74, 6) is -0.174. The number of ketones is 1. The third kappa shape index (κ3) is 2.66. The van der Waals surface area contributed by atoms with Crippen molar-refractivity contribution in [3.05, 3.63) is 28.0 Å². The highest BCUT2D eigenvalue weighted by molar-refractivity contribution is 9.10. The molecule has 0 aliphatic carbocycles. The number of halogens is 3. The average Bonchev–Trinajstić information content (AvgIpc) is 2.08. The first-order valence-corrected chi connectivity index (χ1v) is 5.20. The lowest BCUT2D eigenvalue weighted by molar-refractivity contribution is 0.0991. The zero-order chi connectivity index (χ0) is 10.0. The van der Waals surface area contributed by atoms with Crippen LogP contribution in [-0.4, -0.2) is 15.6 Å². The van der Waals surface area contributed by atoms with E-state index in [1.165, 1.54) is 0 Å². The Kier molecular flexibility index (Phi) is 3.71. The predicted octanol–water partition coefficient (Wildman–Crippen LogP) is 3.35. The molecule has 5 heteroatoms. The van der Waals surface area contributed by atoms with Gasteiger partial charge in [0.1, 0.15) is 10.8 Å². The number of pyridine rings is 1. The molecule has 0 amide bonds. The fraction of sp³-hybridized carbons (Fsp3) is 0.250. The molecule has 13 heavy (non-hydrogen) atoms. The number of aromatic nitrogens is 1. The Morgan fingerprint density at radius 2 is 2.15 bits per heavy atom. The normalized spacial score (nSPS) is 12.6. The van der Waals surface area contributed by atoms with Crippen molar-refractivity contribution < 1.29 is 4.79 Å². The molecule has 0 saturated carbocycles. The van der Waals surface area contributed by atoms with Crippen molar-refractivity contribution in [2.45, 2.75) is 11.8 Å². The summed E-state index contributed by atoms with van der Waals surface area (Å²) in [5, 5.41) is 0.585. The summed E-state index contributed by atoms with van der Waals surface area (Å²) >= 11 is 14.5. The van der Waals surface area contributed by atoms with Gasteiger partial charge >= 0.3 is 0 Å². The molecule has 0 aromatic carbocycles. The predicted molar refractivity (Wildman–Crippen MR) is 57.0 cm³/mol. The minimum absolute atomic E-state index is 0.174. The molecule has 0 aliphatic rings. The molecular formula is C8H6BrCl2NO. The lowest BCUT2D eigenvalue weighted by atomic mass is 10.2. The van der Waals surface area contributed by atoms with Crippen molar-refractivity contribution in [3.63, 3.8) is 0 Å². The smallest absolute Gasteiger partial charge is 0.196 e. The Morgan fingerprint density at radius 3 is 2.69 bits per heavy atom. The highest BCUT2D eigenvalue weighted by Crippen LogP contribution is 2.19. The Morgan fingerprint density at radius 1 is 1.54 bits per heavy atom. The first-order chi connectivity index (χ1) is 6.02. The van der Waals surface area contributed by atoms with Gasteiger partial charge in [-0.3, -0.25) is 4.79 Å². The molecule has 1 rings (SSSR count). The molecule has 0 saturated heterocycles. The summed E-state index contributed by atoms with van der Waals surface area (Å²) in [6.07, 6.45) is 0. The van der Waals surface area contributed by atoms with Crippen LogP contribution in [0, 0.1) is 0 Å². The monoisotopic (exact) mass is 281 g/mol. The molecule has 70 valence electrons. The maximum absolute atomic E-state index is 11.5. The number of alkyl halides is 1. The largest absolute Gasteiger partial charge is 0.291 e. The molecule has 1 atom stereocenters. The van der Waals surface area contributed by atoms with E-state index in [0.29, 0.717) is 5.02 Å². The fourth-order valence-corrected chi connectivity index (χ4v) is 1.34. The van der Waals surface area contributed by atoms with Crippen molar-refractivity contribution in [3.8, 4) is 0 Å². The Labute approximate surface area is 94.4 Å². The maximum atomic E-state index is 11.5. The van der Waals surface area contributed by atoms with Gasteiger partial charge in [0.05, 0.1) is 9.85 Å². The zero-order valence-electron chi connectivity index (χ0n) is 6.72. The lowest BCUT2D eigenvalue weighted by Crippen LogP contribution is -2.12. The lowest BCUT2D eigenvalue weighted by Gasteiger charge is -2.03. The van der Waals surface area contributed by atoms with Gasteiger partial charge in [0.2, 0.25) is 0 Å². The second kappa shape index (κ2) is 4.40. The summed E-state index contributed by atoms with van der Waals surface area (Å²) in [6.45, 7) is 1.71. The van der Waals surface area contributed by atoms with E-state index in [2.05, 4.69) is 20.9 Å². The van der Waals surface area contributed by atoms with E-state index >= 15 is 0 Å². The van der Waals surface area contributed by atoms with Crippen LogP contribution in [0.15, 0.2) is 12.1 Å². The van der Waals surface area contributed by atoms with E-state index < -0.39 is 0 Å². The molecule has 1 heterocycles. The molecule has 1 unspecified atom stereocenters. The number of carbonyl (C=O) groups is 1. The van der Waals surface area contributed by atoms with Gasteiger partial charge in [0.25, 0.3) is 0 Å². The summed E-state index contributed by atoms with van der Waals surface area (Å²) < 4.78 is 0. The third-order valence-corrected chi connectivity index (χ3v) is 2.34. The molecule has 0 bridgehead atoms. The summed E-state index contributed by atoms with van der Waals surface area (Å²) in [6, 6.07) is 3.10. The van der Waals surface area contributed by atoms with Crippen LogP contribution in [0.1, 0.15) is 17.4 Å². The average molecular weight is 283 g/mol. The molecule has 0 aliphatic heterocycles. The van der Waals surface area contributed by atoms with Crippen molar-refractivity contribution in [2.75, 3.05) is 0 Å². The SMILES string of the molecule is CC(Br)C(=O)c1nc(Cl)ccc1Cl. The van der Waals surface area contributed by atoms with Crippen LogP contribution >= 0.6 is 39.1 Å². The van der Waals surface area contributed by atoms with Gasteiger partial charge < -0.3 is 0 Å². The molecule has 0 fully saturated rings. The number of Topliss-reactive ketones (excluding diaryl/α,β-unsaturated/α-hetero) is 1. The minimum Gasteiger partial charge on any atom is -0.291 e. The summed E-state index contributed by atoms with van der Waals surface area (Å²) in [5.41, 5.74) is 0.207. The van der Waals surface area contributed by atoms with Crippen LogP contribution < -0.4 is 0 Å². The molecule has 0 spiro atoms. The molecule has 0 radical (unpaired) electrons. The molecular weight excluding hydrogens is 277 g/mol. The van der Waals surface area contributed by atoms with E-state index in [-0.39, 0.29) is 21.5 Å². The number of rotatable bonds is 2. The van der Waals surface area contributed by atoms with Crippen molar-refractivity contribution in [2.24, 2.45) is 0 Å². The molecule has 1 aromatic rings. The maximum Gasteiger partial charge on any atom is 0.196 e. The van der Waals surface area contributed by atoms with Gasteiger partial charge in [-0.05, 0) is 19.1 Å². The highest BCUT2D eigenvalue weighted by Gasteiger charge is 2.17. The van der Waals surface area contributed by atoms with Gasteiger partial charge in [0.15, 0.2) is 5.78 Å². The first-order valence-electron chi connectivity index (χ1n) is 3.52. The standard InChI is InChI=1S/C8H6BrCl2NO/c1-4(9)8(13)7-5(10)2-3-6(11)12-7/h2-4H,1H3. The highest BCUT2D eigenvalue weighted by atomic mass is 79.9. The Hall–Kier alpha value is -0.120. The van der Waals surface area contributed by atoms with Gasteiger partial charge in [-0.2, -0.15) is 0 Å². The second-order valence-corrected chi connectivity index (χ2v) is 4.61.